The second-order valence-corrected chi connectivity index (χ2v) is 23.7. The maximum atomic E-state index is 14.8. The molecule has 1 saturated heterocycles. The molecule has 92 heavy (non-hydrogen) atoms. The van der Waals surface area contributed by atoms with Gasteiger partial charge in [0.1, 0.15) is 43.1 Å². The number of amides is 8. The number of hydrogen-bond donors (Lipinski definition) is 14. The highest BCUT2D eigenvalue weighted by molar-refractivity contribution is 7.51. The lowest BCUT2D eigenvalue weighted by Crippen LogP contribution is -2.58. The van der Waals surface area contributed by atoms with Crippen LogP contribution < -0.4 is 59.7 Å². The highest BCUT2D eigenvalue weighted by Crippen LogP contribution is 2.34. The minimum absolute atomic E-state index is 0.00533. The molecule has 31 heteroatoms. The summed E-state index contributed by atoms with van der Waals surface area (Å²) in [6.07, 6.45) is 5.53. The number of benzene rings is 3. The number of rotatable bonds is 41. The van der Waals surface area contributed by atoms with Crippen LogP contribution in [-0.2, 0) is 74.7 Å². The first-order valence-electron chi connectivity index (χ1n) is 31.2. The quantitative estimate of drug-likeness (QED) is 0.0143. The van der Waals surface area contributed by atoms with E-state index in [2.05, 4.69) is 52.5 Å². The van der Waals surface area contributed by atoms with Crippen LogP contribution in [0.5, 0.6) is 5.75 Å². The Hall–Kier alpha value is -7.99. The molecule has 4 atom stereocenters. The van der Waals surface area contributed by atoms with Crippen LogP contribution in [0.4, 0.5) is 0 Å². The Morgan fingerprint density at radius 2 is 1.16 bits per heavy atom. The number of carbonyl (C=O) groups excluding carboxylic acids is 8. The Balaban J connectivity index is 1.14. The van der Waals surface area contributed by atoms with Gasteiger partial charge in [0.2, 0.25) is 47.3 Å². The Labute approximate surface area is 536 Å². The van der Waals surface area contributed by atoms with Gasteiger partial charge in [-0.05, 0) is 79.5 Å². The molecule has 1 aliphatic rings. The molecule has 0 bridgehead atoms. The first kappa shape index (κ1) is 76.5. The second kappa shape index (κ2) is 43.7. The van der Waals surface area contributed by atoms with Crippen molar-refractivity contribution in [2.24, 2.45) is 27.2 Å². The van der Waals surface area contributed by atoms with Crippen molar-refractivity contribution >= 4 is 77.5 Å². The van der Waals surface area contributed by atoms with Gasteiger partial charge in [0.25, 0.3) is 0 Å². The summed E-state index contributed by atoms with van der Waals surface area (Å²) in [5.74, 6) is -4.08. The van der Waals surface area contributed by atoms with Gasteiger partial charge in [0.05, 0.1) is 52.3 Å². The van der Waals surface area contributed by atoms with E-state index in [9.17, 15) is 48.0 Å². The summed E-state index contributed by atoms with van der Waals surface area (Å²) in [5, 5.41) is 34.1. The lowest BCUT2D eigenvalue weighted by atomic mass is 10.0. The van der Waals surface area contributed by atoms with Gasteiger partial charge >= 0.3 is 7.60 Å². The fourth-order valence-electron chi connectivity index (χ4n) is 9.37. The third kappa shape index (κ3) is 33.4. The summed E-state index contributed by atoms with van der Waals surface area (Å²) in [7, 11) is -4.23. The maximum Gasteiger partial charge on any atom is 0.326 e. The van der Waals surface area contributed by atoms with E-state index < -0.39 is 79.9 Å². The molecule has 4 rings (SSSR count). The lowest BCUT2D eigenvalue weighted by Gasteiger charge is -2.33. The number of aromatic hydroxyl groups is 1. The third-order valence-electron chi connectivity index (χ3n) is 14.3. The van der Waals surface area contributed by atoms with E-state index in [1.807, 2.05) is 42.5 Å². The molecule has 0 spiro atoms. The van der Waals surface area contributed by atoms with Gasteiger partial charge < -0.3 is 98.5 Å². The number of ether oxygens (including phenoxy) is 4. The maximum absolute atomic E-state index is 14.8. The number of hydrogen-bond acceptors (Lipinski definition) is 16. The average molecular weight is 1310 g/mol. The van der Waals surface area contributed by atoms with Crippen molar-refractivity contribution in [1.29, 1.82) is 0 Å². The molecule has 0 saturated carbocycles. The number of nitrogens with zero attached hydrogens (tertiary/aromatic N) is 3. The first-order valence-corrected chi connectivity index (χ1v) is 33.0. The van der Waals surface area contributed by atoms with E-state index in [1.54, 1.807) is 19.1 Å². The van der Waals surface area contributed by atoms with Crippen LogP contribution in [0.3, 0.4) is 0 Å². The van der Waals surface area contributed by atoms with E-state index in [0.717, 1.165) is 54.9 Å². The van der Waals surface area contributed by atoms with Crippen LogP contribution in [0, 0.1) is 0 Å². The molecular weight excluding hydrogens is 1220 g/mol. The molecule has 3 aromatic rings. The lowest BCUT2D eigenvalue weighted by molar-refractivity contribution is -0.143. The first-order chi connectivity index (χ1) is 44.2. The number of aliphatic imine (C=N–C) groups is 2. The smallest absolute Gasteiger partial charge is 0.326 e. The minimum Gasteiger partial charge on any atom is -0.508 e. The van der Waals surface area contributed by atoms with Crippen molar-refractivity contribution in [3.8, 4) is 5.75 Å². The summed E-state index contributed by atoms with van der Waals surface area (Å²) in [5.41, 5.74) is 18.6. The van der Waals surface area contributed by atoms with E-state index in [4.69, 9.17) is 45.9 Å². The van der Waals surface area contributed by atoms with Gasteiger partial charge in [0.15, 0.2) is 11.9 Å². The zero-order chi connectivity index (χ0) is 66.9. The number of phenolic OH excluding ortho intramolecular Hbond substituents is 1. The molecule has 8 amide bonds. The van der Waals surface area contributed by atoms with E-state index in [-0.39, 0.29) is 135 Å². The summed E-state index contributed by atoms with van der Waals surface area (Å²) in [6.45, 7) is 4.15. The Bertz CT molecular complexity index is 2900. The number of nitrogens with one attached hydrogen (secondary N) is 8. The molecule has 1 aliphatic heterocycles. The standard InChI is InChI=1S/C61H95N14O16P/c1-43-56(81)73-49(15-12-26-68-60(62)63)58(83)74-50(39-45-16-19-46-13-6-7-14-47(46)37-45)57(82)71-40-53(78)72-51(38-44-17-20-48(76)21-18-44)59(84)75(43)29-11-5-4-10-25-70-61(64)69-24-9-3-2-8-23-65-54(79)41-90-34-33-89-31-28-67-55(80)42-91-35-32-88-30-27-66-52(77)22-36-92(85,86)87/h6-7,13-14,16-21,37,43,49-51,76H,2-5,8-12,15,22-36,38-42H2,1H3,(H,65,79)(H,66,77)(H,67,80)(H,71,82)(H,72,78)(H,73,81)(H,74,83)(H4,62,63,68)(H3,64,69,70)(H2,85,86,87)/t43-,49+,50+,51-/m1/s1. The second-order valence-electron chi connectivity index (χ2n) is 21.9. The molecule has 0 aromatic heterocycles. The van der Waals surface area contributed by atoms with Crippen molar-refractivity contribution in [3.05, 3.63) is 77.9 Å². The Kier molecular flexibility index (Phi) is 36.3. The number of unbranched alkanes of at least 4 members (excludes halogenated alkanes) is 6. The molecule has 30 nitrogen and oxygen atoms in total. The molecule has 17 N–H and O–H groups in total. The topological polar surface area (TPSA) is 454 Å². The Morgan fingerprint density at radius 3 is 1.83 bits per heavy atom. The highest BCUT2D eigenvalue weighted by atomic mass is 31.2. The van der Waals surface area contributed by atoms with Gasteiger partial charge in [-0.25, -0.2) is 0 Å². The number of nitrogens with two attached hydrogens (primary N) is 3. The number of guanidine groups is 2. The van der Waals surface area contributed by atoms with Crippen molar-refractivity contribution < 1.29 is 76.8 Å². The van der Waals surface area contributed by atoms with Crippen LogP contribution in [0.25, 0.3) is 10.8 Å². The van der Waals surface area contributed by atoms with Crippen molar-refractivity contribution in [2.45, 2.75) is 115 Å². The molecule has 1 heterocycles. The van der Waals surface area contributed by atoms with Crippen LogP contribution in [0.2, 0.25) is 0 Å². The van der Waals surface area contributed by atoms with Crippen molar-refractivity contribution in [1.82, 2.24) is 47.4 Å². The van der Waals surface area contributed by atoms with E-state index in [0.29, 0.717) is 44.0 Å². The zero-order valence-electron chi connectivity index (χ0n) is 52.5. The molecule has 0 aliphatic carbocycles. The number of carbonyl (C=O) groups is 8. The fraction of sp³-hybridized carbons (Fsp3) is 0.574. The Morgan fingerprint density at radius 1 is 0.598 bits per heavy atom. The van der Waals surface area contributed by atoms with E-state index in [1.165, 1.54) is 17.0 Å². The molecule has 0 radical (unpaired) electrons. The summed E-state index contributed by atoms with van der Waals surface area (Å²) < 4.78 is 32.1. The van der Waals surface area contributed by atoms with Gasteiger partial charge in [-0.2, -0.15) is 0 Å². The van der Waals surface area contributed by atoms with Crippen molar-refractivity contribution in [3.63, 3.8) is 0 Å². The number of fused-ring (bicyclic) bond motifs is 1. The van der Waals surface area contributed by atoms with Gasteiger partial charge in [-0.15, -0.1) is 0 Å². The SMILES string of the molecule is C[C@@H]1C(=O)N[C@@H](CCCN=C(N)N)C(=O)N[C@@H](Cc2ccc3ccccc3c2)C(=O)NCC(=O)N[C@H](Cc2ccc(O)cc2)C(=O)N1CCCCCCNC(N)=NCCCCCCNC(=O)COCCOCCNC(=O)COCCOCCNC(=O)CCP(=O)(O)O. The van der Waals surface area contributed by atoms with Crippen molar-refractivity contribution in [2.75, 3.05) is 111 Å². The predicted octanol–water partition coefficient (Wildman–Crippen LogP) is -0.807. The molecular formula is C61H95N14O16P. The van der Waals surface area contributed by atoms with Crippen LogP contribution in [0.15, 0.2) is 76.7 Å². The van der Waals surface area contributed by atoms with Crippen LogP contribution in [-0.4, -0.2) is 215 Å². The largest absolute Gasteiger partial charge is 0.508 e. The summed E-state index contributed by atoms with van der Waals surface area (Å²) in [6, 6.07) is 14.9. The predicted molar refractivity (Wildman–Crippen MR) is 345 cm³/mol. The van der Waals surface area contributed by atoms with Gasteiger partial charge in [-0.3, -0.25) is 52.9 Å². The molecule has 1 fully saturated rings. The summed E-state index contributed by atoms with van der Waals surface area (Å²) in [4.78, 5) is 134. The highest BCUT2D eigenvalue weighted by Gasteiger charge is 2.35. The normalized spacial score (nSPS) is 16.9. The molecule has 3 aromatic carbocycles. The van der Waals surface area contributed by atoms with Crippen LogP contribution >= 0.6 is 7.60 Å². The monoisotopic (exact) mass is 1310 g/mol. The third-order valence-corrected chi connectivity index (χ3v) is 15.1. The van der Waals surface area contributed by atoms with E-state index >= 15 is 0 Å². The molecule has 510 valence electrons. The van der Waals surface area contributed by atoms with Crippen LogP contribution in [0.1, 0.15) is 88.7 Å². The zero-order valence-corrected chi connectivity index (χ0v) is 53.4. The molecule has 0 unspecified atom stereocenters. The summed E-state index contributed by atoms with van der Waals surface area (Å²) >= 11 is 0. The van der Waals surface area contributed by atoms with Gasteiger partial charge in [-0.1, -0.05) is 80.3 Å². The fourth-order valence-corrected chi connectivity index (χ4v) is 9.87. The number of phenols is 1. The minimum atomic E-state index is -4.23. The average Bonchev–Trinajstić information content (AvgIpc) is 1.88. The van der Waals surface area contributed by atoms with Gasteiger partial charge in [0, 0.05) is 65.1 Å².